The highest BCUT2D eigenvalue weighted by molar-refractivity contribution is 5.25. The minimum Gasteiger partial charge on any atom is -0.375 e. The first-order chi connectivity index (χ1) is 6.29. The van der Waals surface area contributed by atoms with Crippen LogP contribution in [0.5, 0.6) is 0 Å². The third-order valence-corrected chi connectivity index (χ3v) is 1.78. The number of rotatable bonds is 7. The van der Waals surface area contributed by atoms with Crippen LogP contribution in [0.1, 0.15) is 6.92 Å². The molecule has 0 aliphatic rings. The Labute approximate surface area is 81.0 Å². The van der Waals surface area contributed by atoms with Crippen LogP contribution in [0.4, 0.5) is 0 Å². The molecule has 0 aliphatic heterocycles. The summed E-state index contributed by atoms with van der Waals surface area (Å²) in [6, 6.07) is 0. The number of hydrogen-bond acceptors (Lipinski definition) is 2. The molecule has 0 aromatic carbocycles. The van der Waals surface area contributed by atoms with E-state index < -0.39 is 0 Å². The van der Waals surface area contributed by atoms with E-state index >= 15 is 0 Å². The fraction of sp³-hybridized carbons (Fsp3) is 0.455. The number of allylic oxidation sites excluding steroid dienone is 2. The van der Waals surface area contributed by atoms with Gasteiger partial charge in [0.15, 0.2) is 0 Å². The summed E-state index contributed by atoms with van der Waals surface area (Å²) < 4.78 is 5.31. The molecule has 0 spiro atoms. The highest BCUT2D eigenvalue weighted by atomic mass is 16.5. The molecule has 0 rings (SSSR count). The molecule has 0 unspecified atom stereocenters. The molecule has 0 aromatic rings. The maximum Gasteiger partial charge on any atom is 0.0945 e. The molecule has 0 heterocycles. The largest absolute Gasteiger partial charge is 0.375 e. The highest BCUT2D eigenvalue weighted by Crippen LogP contribution is 2.06. The van der Waals surface area contributed by atoms with E-state index in [1.54, 1.807) is 19.3 Å². The molecule has 1 N–H and O–H groups in total. The van der Waals surface area contributed by atoms with E-state index in [-0.39, 0.29) is 6.10 Å². The Morgan fingerprint density at radius 2 is 2.23 bits per heavy atom. The van der Waals surface area contributed by atoms with Crippen LogP contribution in [0, 0.1) is 0 Å². The van der Waals surface area contributed by atoms with Gasteiger partial charge in [-0.1, -0.05) is 38.3 Å². The topological polar surface area (TPSA) is 21.3 Å². The summed E-state index contributed by atoms with van der Waals surface area (Å²) >= 11 is 0. The Morgan fingerprint density at radius 3 is 2.62 bits per heavy atom. The zero-order chi connectivity index (χ0) is 10.1. The van der Waals surface area contributed by atoms with Crippen molar-refractivity contribution in [1.29, 1.82) is 0 Å². The van der Waals surface area contributed by atoms with Crippen LogP contribution >= 0.6 is 0 Å². The molecule has 0 amide bonds. The second-order valence-electron chi connectivity index (χ2n) is 2.64. The number of nitrogens with one attached hydrogen (secondary N) is 1. The fourth-order valence-corrected chi connectivity index (χ4v) is 1.06. The first-order valence-corrected chi connectivity index (χ1v) is 4.48. The van der Waals surface area contributed by atoms with Crippen molar-refractivity contribution in [3.8, 4) is 0 Å². The van der Waals surface area contributed by atoms with E-state index in [1.165, 1.54) is 0 Å². The molecule has 2 heteroatoms. The maximum absolute atomic E-state index is 5.31. The minimum absolute atomic E-state index is 0.0652. The van der Waals surface area contributed by atoms with Gasteiger partial charge in [-0.15, -0.1) is 0 Å². The van der Waals surface area contributed by atoms with Gasteiger partial charge in [-0.25, -0.2) is 0 Å². The molecule has 0 saturated carbocycles. The number of ether oxygens (including phenoxy) is 1. The summed E-state index contributed by atoms with van der Waals surface area (Å²) in [6.45, 7) is 11.2. The van der Waals surface area contributed by atoms with Crippen molar-refractivity contribution in [2.45, 2.75) is 13.0 Å². The predicted octanol–water partition coefficient (Wildman–Crippen LogP) is 1.91. The van der Waals surface area contributed by atoms with Crippen molar-refractivity contribution >= 4 is 0 Å². The summed E-state index contributed by atoms with van der Waals surface area (Å²) in [4.78, 5) is 0. The Morgan fingerprint density at radius 1 is 1.54 bits per heavy atom. The Kier molecular flexibility index (Phi) is 7.26. The van der Waals surface area contributed by atoms with Crippen molar-refractivity contribution < 1.29 is 4.74 Å². The standard InChI is InChI=1S/C11H19NO/c1-5-8-10(6-2)11(13-4)9-12-7-3/h5-6,8,11-12H,1-2,7,9H2,3-4H3/b10-8+/t11-/m1/s1. The van der Waals surface area contributed by atoms with Crippen LogP contribution < -0.4 is 5.32 Å². The second kappa shape index (κ2) is 7.77. The Balaban J connectivity index is 4.24. The van der Waals surface area contributed by atoms with Gasteiger partial charge in [0.25, 0.3) is 0 Å². The third kappa shape index (κ3) is 4.65. The normalized spacial score (nSPS) is 13.8. The van der Waals surface area contributed by atoms with Gasteiger partial charge in [0.2, 0.25) is 0 Å². The Bertz CT molecular complexity index is 185. The number of likely N-dealkylation sites (N-methyl/N-ethyl adjacent to an activating group) is 1. The zero-order valence-electron chi connectivity index (χ0n) is 8.55. The van der Waals surface area contributed by atoms with Gasteiger partial charge in [0.05, 0.1) is 6.10 Å². The number of hydrogen-bond donors (Lipinski definition) is 1. The molecule has 74 valence electrons. The summed E-state index contributed by atoms with van der Waals surface area (Å²) in [5.41, 5.74) is 1.05. The van der Waals surface area contributed by atoms with E-state index in [4.69, 9.17) is 4.74 Å². The average molecular weight is 181 g/mol. The lowest BCUT2D eigenvalue weighted by molar-refractivity contribution is 0.133. The SMILES string of the molecule is C=C/C=C(\C=C)[C@@H](CNCC)OC. The quantitative estimate of drug-likeness (QED) is 0.606. The van der Waals surface area contributed by atoms with E-state index in [0.29, 0.717) is 0 Å². The van der Waals surface area contributed by atoms with Gasteiger partial charge in [-0.05, 0) is 12.1 Å². The molecule has 0 saturated heterocycles. The third-order valence-electron chi connectivity index (χ3n) is 1.78. The van der Waals surface area contributed by atoms with E-state index in [1.807, 2.05) is 6.08 Å². The molecule has 2 nitrogen and oxygen atoms in total. The first-order valence-electron chi connectivity index (χ1n) is 4.48. The van der Waals surface area contributed by atoms with Crippen molar-refractivity contribution in [3.63, 3.8) is 0 Å². The van der Waals surface area contributed by atoms with Crippen LogP contribution in [0.25, 0.3) is 0 Å². The molecule has 0 fully saturated rings. The summed E-state index contributed by atoms with van der Waals surface area (Å²) in [5, 5.41) is 3.22. The molecule has 0 radical (unpaired) electrons. The van der Waals surface area contributed by atoms with Crippen LogP contribution in [-0.2, 0) is 4.74 Å². The lowest BCUT2D eigenvalue weighted by Gasteiger charge is -2.16. The van der Waals surface area contributed by atoms with E-state index in [2.05, 4.69) is 25.4 Å². The first kappa shape index (κ1) is 12.1. The van der Waals surface area contributed by atoms with Crippen LogP contribution in [0.3, 0.4) is 0 Å². The highest BCUT2D eigenvalue weighted by Gasteiger charge is 2.08. The number of methoxy groups -OCH3 is 1. The summed E-state index contributed by atoms with van der Waals surface area (Å²) in [5.74, 6) is 0. The summed E-state index contributed by atoms with van der Waals surface area (Å²) in [6.07, 6.45) is 5.52. The van der Waals surface area contributed by atoms with Crippen molar-refractivity contribution in [1.82, 2.24) is 5.32 Å². The lowest BCUT2D eigenvalue weighted by Crippen LogP contribution is -2.29. The molecule has 0 aromatic heterocycles. The molecule has 1 atom stereocenters. The van der Waals surface area contributed by atoms with Gasteiger partial charge in [0, 0.05) is 13.7 Å². The fourth-order valence-electron chi connectivity index (χ4n) is 1.06. The smallest absolute Gasteiger partial charge is 0.0945 e. The second-order valence-corrected chi connectivity index (χ2v) is 2.64. The maximum atomic E-state index is 5.31. The van der Waals surface area contributed by atoms with Gasteiger partial charge < -0.3 is 10.1 Å². The Hall–Kier alpha value is -0.860. The molecule has 0 bridgehead atoms. The van der Waals surface area contributed by atoms with Crippen molar-refractivity contribution in [2.24, 2.45) is 0 Å². The lowest BCUT2D eigenvalue weighted by atomic mass is 10.1. The summed E-state index contributed by atoms with van der Waals surface area (Å²) in [7, 11) is 1.70. The van der Waals surface area contributed by atoms with Gasteiger partial charge in [-0.3, -0.25) is 0 Å². The van der Waals surface area contributed by atoms with Crippen molar-refractivity contribution in [2.75, 3.05) is 20.2 Å². The monoisotopic (exact) mass is 181 g/mol. The van der Waals surface area contributed by atoms with Gasteiger partial charge in [-0.2, -0.15) is 0 Å². The van der Waals surface area contributed by atoms with Gasteiger partial charge >= 0.3 is 0 Å². The van der Waals surface area contributed by atoms with Crippen LogP contribution in [-0.4, -0.2) is 26.3 Å². The van der Waals surface area contributed by atoms with Crippen LogP contribution in [0.2, 0.25) is 0 Å². The average Bonchev–Trinajstić information content (AvgIpc) is 2.17. The van der Waals surface area contributed by atoms with Gasteiger partial charge in [0.1, 0.15) is 0 Å². The zero-order valence-corrected chi connectivity index (χ0v) is 8.55. The molecule has 13 heavy (non-hydrogen) atoms. The molecular weight excluding hydrogens is 162 g/mol. The van der Waals surface area contributed by atoms with Crippen LogP contribution in [0.15, 0.2) is 37.0 Å². The minimum atomic E-state index is 0.0652. The molecular formula is C11H19NO. The van der Waals surface area contributed by atoms with E-state index in [9.17, 15) is 0 Å². The molecule has 0 aliphatic carbocycles. The van der Waals surface area contributed by atoms with E-state index in [0.717, 1.165) is 18.7 Å². The predicted molar refractivity (Wildman–Crippen MR) is 57.8 cm³/mol. The van der Waals surface area contributed by atoms with Crippen molar-refractivity contribution in [3.05, 3.63) is 37.0 Å².